The van der Waals surface area contributed by atoms with E-state index in [1.165, 1.54) is 0 Å². The Kier molecular flexibility index (Phi) is 5.57. The molecule has 0 bridgehead atoms. The van der Waals surface area contributed by atoms with Gasteiger partial charge < -0.3 is 9.88 Å². The van der Waals surface area contributed by atoms with Crippen molar-refractivity contribution in [3.63, 3.8) is 0 Å². The van der Waals surface area contributed by atoms with E-state index in [0.29, 0.717) is 38.2 Å². The summed E-state index contributed by atoms with van der Waals surface area (Å²) in [6.45, 7) is 7.47. The Bertz CT molecular complexity index is 907. The van der Waals surface area contributed by atoms with Crippen molar-refractivity contribution in [2.24, 2.45) is 0 Å². The van der Waals surface area contributed by atoms with Gasteiger partial charge in [0.05, 0.1) is 0 Å². The number of aryl methyl sites for hydroxylation is 2. The van der Waals surface area contributed by atoms with Gasteiger partial charge in [0, 0.05) is 43.4 Å². The van der Waals surface area contributed by atoms with E-state index in [4.69, 9.17) is 0 Å². The first-order chi connectivity index (χ1) is 12.9. The average Bonchev–Trinajstić information content (AvgIpc) is 3.01. The summed E-state index contributed by atoms with van der Waals surface area (Å²) in [4.78, 5) is 44.2. The molecule has 0 aliphatic carbocycles. The molecule has 1 aliphatic rings. The van der Waals surface area contributed by atoms with Crippen molar-refractivity contribution in [1.29, 1.82) is 0 Å². The molecule has 0 unspecified atom stereocenters. The molecule has 0 atom stereocenters. The normalized spacial score (nSPS) is 15.3. The zero-order chi connectivity index (χ0) is 19.6. The fourth-order valence-corrected chi connectivity index (χ4v) is 3.85. The molecule has 0 radical (unpaired) electrons. The molecular formula is C18H26N6O3. The molecule has 1 aliphatic heterocycles. The minimum Gasteiger partial charge on any atom is -0.343 e. The molecule has 0 saturated carbocycles. The van der Waals surface area contributed by atoms with Gasteiger partial charge in [0.25, 0.3) is 0 Å². The summed E-state index contributed by atoms with van der Waals surface area (Å²) in [6, 6.07) is 0. The van der Waals surface area contributed by atoms with E-state index in [9.17, 15) is 14.4 Å². The van der Waals surface area contributed by atoms with Crippen LogP contribution in [0, 0.1) is 13.8 Å². The maximum absolute atomic E-state index is 12.6. The topological polar surface area (TPSA) is 117 Å². The van der Waals surface area contributed by atoms with Gasteiger partial charge in [0.1, 0.15) is 5.82 Å². The van der Waals surface area contributed by atoms with E-state index in [1.54, 1.807) is 11.5 Å². The lowest BCUT2D eigenvalue weighted by Gasteiger charge is -2.31. The number of nitrogens with one attached hydrogen (secondary N) is 2. The third-order valence-corrected chi connectivity index (χ3v) is 5.36. The summed E-state index contributed by atoms with van der Waals surface area (Å²) < 4.78 is 1.66. The highest BCUT2D eigenvalue weighted by Gasteiger charge is 2.27. The number of piperidine rings is 1. The van der Waals surface area contributed by atoms with E-state index in [1.807, 2.05) is 18.7 Å². The fraction of sp³-hybridized carbons (Fsp3) is 0.611. The van der Waals surface area contributed by atoms with Crippen molar-refractivity contribution >= 4 is 5.91 Å². The summed E-state index contributed by atoms with van der Waals surface area (Å²) in [7, 11) is 0. The molecule has 2 aromatic heterocycles. The molecule has 1 saturated heterocycles. The van der Waals surface area contributed by atoms with Crippen LogP contribution in [0.1, 0.15) is 54.9 Å². The Morgan fingerprint density at radius 3 is 2.56 bits per heavy atom. The molecule has 27 heavy (non-hydrogen) atoms. The molecule has 3 rings (SSSR count). The van der Waals surface area contributed by atoms with Gasteiger partial charge in [-0.15, -0.1) is 0 Å². The molecule has 9 nitrogen and oxygen atoms in total. The second-order valence-electron chi connectivity index (χ2n) is 7.02. The summed E-state index contributed by atoms with van der Waals surface area (Å²) in [5, 5.41) is 6.69. The third-order valence-electron chi connectivity index (χ3n) is 5.36. The van der Waals surface area contributed by atoms with Crippen LogP contribution in [0.15, 0.2) is 9.59 Å². The number of aromatic amines is 2. The molecule has 0 spiro atoms. The van der Waals surface area contributed by atoms with Gasteiger partial charge >= 0.3 is 11.4 Å². The molecule has 1 fully saturated rings. The van der Waals surface area contributed by atoms with E-state index in [0.717, 1.165) is 29.9 Å². The van der Waals surface area contributed by atoms with E-state index in [-0.39, 0.29) is 23.2 Å². The lowest BCUT2D eigenvalue weighted by molar-refractivity contribution is -0.132. The van der Waals surface area contributed by atoms with Gasteiger partial charge in [-0.05, 0) is 45.6 Å². The van der Waals surface area contributed by atoms with Crippen LogP contribution in [0.4, 0.5) is 0 Å². The van der Waals surface area contributed by atoms with Crippen molar-refractivity contribution in [1.82, 2.24) is 29.6 Å². The van der Waals surface area contributed by atoms with Gasteiger partial charge in [-0.25, -0.2) is 14.7 Å². The number of amides is 1. The lowest BCUT2D eigenvalue weighted by atomic mass is 9.95. The zero-order valence-corrected chi connectivity index (χ0v) is 16.0. The first-order valence-electron chi connectivity index (χ1n) is 9.40. The highest BCUT2D eigenvalue weighted by atomic mass is 16.2. The van der Waals surface area contributed by atoms with Crippen LogP contribution in [0.2, 0.25) is 0 Å². The Labute approximate surface area is 156 Å². The van der Waals surface area contributed by atoms with E-state index < -0.39 is 0 Å². The molecule has 3 heterocycles. The summed E-state index contributed by atoms with van der Waals surface area (Å²) >= 11 is 0. The van der Waals surface area contributed by atoms with Crippen LogP contribution in [0.3, 0.4) is 0 Å². The second-order valence-corrected chi connectivity index (χ2v) is 7.02. The van der Waals surface area contributed by atoms with E-state index >= 15 is 0 Å². The third kappa shape index (κ3) is 4.01. The summed E-state index contributed by atoms with van der Waals surface area (Å²) in [5.74, 6) is 1.09. The van der Waals surface area contributed by atoms with Crippen LogP contribution in [0.5, 0.6) is 0 Å². The monoisotopic (exact) mass is 374 g/mol. The smallest absolute Gasteiger partial charge is 0.343 e. The SMILES string of the molecule is CCn1c(C2CCN(C(=O)CCc3c(C)nc(=O)[nH]c3C)CC2)n[nH]c1=O. The Morgan fingerprint density at radius 2 is 1.93 bits per heavy atom. The van der Waals surface area contributed by atoms with Crippen molar-refractivity contribution in [2.45, 2.75) is 58.9 Å². The van der Waals surface area contributed by atoms with Crippen molar-refractivity contribution in [3.05, 3.63) is 43.7 Å². The quantitative estimate of drug-likeness (QED) is 0.796. The average molecular weight is 374 g/mol. The van der Waals surface area contributed by atoms with Gasteiger partial charge in [-0.1, -0.05) is 0 Å². The predicted octanol–water partition coefficient (Wildman–Crippen LogP) is 0.630. The molecule has 1 amide bonds. The van der Waals surface area contributed by atoms with Crippen LogP contribution < -0.4 is 11.4 Å². The Balaban J connectivity index is 1.57. The van der Waals surface area contributed by atoms with Gasteiger partial charge in [-0.2, -0.15) is 10.1 Å². The van der Waals surface area contributed by atoms with Crippen LogP contribution in [0.25, 0.3) is 0 Å². The number of hydrogen-bond donors (Lipinski definition) is 2. The van der Waals surface area contributed by atoms with Crippen LogP contribution in [-0.4, -0.2) is 48.6 Å². The van der Waals surface area contributed by atoms with Crippen molar-refractivity contribution in [2.75, 3.05) is 13.1 Å². The zero-order valence-electron chi connectivity index (χ0n) is 16.0. The number of likely N-dealkylation sites (tertiary alicyclic amines) is 1. The highest BCUT2D eigenvalue weighted by molar-refractivity contribution is 5.76. The maximum Gasteiger partial charge on any atom is 0.345 e. The standard InChI is InChI=1S/C18H26N6O3/c1-4-24-16(21-22-18(24)27)13-7-9-23(10-8-13)15(25)6-5-14-11(2)19-17(26)20-12(14)3/h13H,4-10H2,1-3H3,(H,22,27)(H,19,20,26). The Morgan fingerprint density at radius 1 is 1.22 bits per heavy atom. The van der Waals surface area contributed by atoms with Gasteiger partial charge in [0.2, 0.25) is 5.91 Å². The number of aromatic nitrogens is 5. The molecular weight excluding hydrogens is 348 g/mol. The summed E-state index contributed by atoms with van der Waals surface area (Å²) in [5.41, 5.74) is 1.85. The number of nitrogens with zero attached hydrogens (tertiary/aromatic N) is 4. The first-order valence-corrected chi connectivity index (χ1v) is 9.40. The van der Waals surface area contributed by atoms with E-state index in [2.05, 4.69) is 20.2 Å². The number of carbonyl (C=O) groups excluding carboxylic acids is 1. The molecule has 2 aromatic rings. The van der Waals surface area contributed by atoms with Crippen molar-refractivity contribution in [3.8, 4) is 0 Å². The number of hydrogen-bond acceptors (Lipinski definition) is 5. The number of rotatable bonds is 5. The second kappa shape index (κ2) is 7.89. The van der Waals surface area contributed by atoms with Crippen LogP contribution >= 0.6 is 0 Å². The minimum atomic E-state index is -0.355. The molecule has 2 N–H and O–H groups in total. The molecule has 146 valence electrons. The summed E-state index contributed by atoms with van der Waals surface area (Å²) in [6.07, 6.45) is 2.56. The van der Waals surface area contributed by atoms with Gasteiger partial charge in [0.15, 0.2) is 0 Å². The Hall–Kier alpha value is -2.71. The molecule has 0 aromatic carbocycles. The number of carbonyl (C=O) groups is 1. The first kappa shape index (κ1) is 19.1. The largest absolute Gasteiger partial charge is 0.345 e. The maximum atomic E-state index is 12.6. The van der Waals surface area contributed by atoms with Crippen LogP contribution in [-0.2, 0) is 17.8 Å². The fourth-order valence-electron chi connectivity index (χ4n) is 3.85. The predicted molar refractivity (Wildman–Crippen MR) is 99.7 cm³/mol. The minimum absolute atomic E-state index is 0.105. The molecule has 9 heteroatoms. The van der Waals surface area contributed by atoms with Crippen molar-refractivity contribution < 1.29 is 4.79 Å². The highest BCUT2D eigenvalue weighted by Crippen LogP contribution is 2.26. The number of H-pyrrole nitrogens is 2. The van der Waals surface area contributed by atoms with Gasteiger partial charge in [-0.3, -0.25) is 9.36 Å². The lowest BCUT2D eigenvalue weighted by Crippen LogP contribution is -2.38.